The lowest BCUT2D eigenvalue weighted by molar-refractivity contribution is -0.254. The molecule has 1 saturated carbocycles. The zero-order valence-electron chi connectivity index (χ0n) is 26.6. The predicted octanol–water partition coefficient (Wildman–Crippen LogP) is 6.18. The summed E-state index contributed by atoms with van der Waals surface area (Å²) in [6, 6.07) is 15.5. The van der Waals surface area contributed by atoms with Crippen molar-refractivity contribution in [2.45, 2.75) is 88.5 Å². The van der Waals surface area contributed by atoms with Gasteiger partial charge in [0.25, 0.3) is 0 Å². The minimum Gasteiger partial charge on any atom is -0.481 e. The van der Waals surface area contributed by atoms with Crippen molar-refractivity contribution in [1.82, 2.24) is 4.90 Å². The summed E-state index contributed by atoms with van der Waals surface area (Å²) in [6.07, 6.45) is -5.17. The van der Waals surface area contributed by atoms with Gasteiger partial charge in [0.15, 0.2) is 6.29 Å². The first-order valence-electron chi connectivity index (χ1n) is 15.5. The van der Waals surface area contributed by atoms with E-state index < -0.39 is 73.1 Å². The van der Waals surface area contributed by atoms with Gasteiger partial charge in [-0.1, -0.05) is 76.0 Å². The largest absolute Gasteiger partial charge is 0.481 e. The van der Waals surface area contributed by atoms with E-state index in [2.05, 4.69) is 30.1 Å². The molecule has 1 heterocycles. The lowest BCUT2D eigenvalue weighted by Gasteiger charge is -2.46. The van der Waals surface area contributed by atoms with Gasteiger partial charge in [-0.2, -0.15) is 0 Å². The Bertz CT molecular complexity index is 1580. The molecule has 1 saturated heterocycles. The van der Waals surface area contributed by atoms with Gasteiger partial charge in [-0.25, -0.2) is 4.79 Å². The van der Waals surface area contributed by atoms with Crippen LogP contribution in [-0.2, 0) is 41.7 Å². The predicted molar refractivity (Wildman–Crippen MR) is 171 cm³/mol. The maximum atomic E-state index is 13.4. The second kappa shape index (κ2) is 18.2. The third-order valence-electron chi connectivity index (χ3n) is 8.23. The number of nitrogens with zero attached hydrogens (tertiary/aromatic N) is 10. The van der Waals surface area contributed by atoms with Gasteiger partial charge >= 0.3 is 18.0 Å². The highest BCUT2D eigenvalue weighted by atomic mass is 16.7. The summed E-state index contributed by atoms with van der Waals surface area (Å²) in [6.45, 7) is 1.43. The molecule has 1 amide bonds. The number of carbonyl (C=O) groups is 3. The Morgan fingerprint density at radius 1 is 0.878 bits per heavy atom. The van der Waals surface area contributed by atoms with Gasteiger partial charge in [-0.15, -0.1) is 0 Å². The van der Waals surface area contributed by atoms with Crippen molar-refractivity contribution in [2.24, 2.45) is 21.3 Å². The van der Waals surface area contributed by atoms with Crippen molar-refractivity contribution in [3.63, 3.8) is 0 Å². The number of benzene rings is 2. The van der Waals surface area contributed by atoms with Crippen LogP contribution < -0.4 is 0 Å². The van der Waals surface area contributed by atoms with Crippen molar-refractivity contribution in [2.75, 3.05) is 6.54 Å². The van der Waals surface area contributed by atoms with Crippen molar-refractivity contribution < 1.29 is 38.4 Å². The molecule has 2 fully saturated rings. The number of hydrogen-bond donors (Lipinski definition) is 1. The fourth-order valence-electron chi connectivity index (χ4n) is 6.08. The monoisotopic (exact) mass is 676 g/mol. The molecule has 8 atom stereocenters. The summed E-state index contributed by atoms with van der Waals surface area (Å²) in [5, 5.41) is 21.0. The van der Waals surface area contributed by atoms with Crippen molar-refractivity contribution >= 4 is 18.0 Å². The summed E-state index contributed by atoms with van der Waals surface area (Å²) in [4.78, 5) is 47.6. The van der Waals surface area contributed by atoms with Gasteiger partial charge in [0.2, 0.25) is 0 Å². The number of esters is 1. The number of carboxylic acids is 1. The van der Waals surface area contributed by atoms with Crippen LogP contribution in [0.4, 0.5) is 4.79 Å². The van der Waals surface area contributed by atoms with Crippen molar-refractivity contribution in [3.05, 3.63) is 103 Å². The van der Waals surface area contributed by atoms with Crippen LogP contribution in [0.3, 0.4) is 0 Å². The van der Waals surface area contributed by atoms with Crippen LogP contribution in [0.1, 0.15) is 43.7 Å². The summed E-state index contributed by atoms with van der Waals surface area (Å²) < 4.78 is 23.8. The van der Waals surface area contributed by atoms with E-state index in [9.17, 15) is 30.6 Å². The number of rotatable bonds is 14. The van der Waals surface area contributed by atoms with E-state index in [1.54, 1.807) is 0 Å². The molecule has 0 bridgehead atoms. The van der Waals surface area contributed by atoms with Crippen LogP contribution in [0.25, 0.3) is 31.3 Å². The molecule has 1 N–H and O–H groups in total. The van der Waals surface area contributed by atoms with Gasteiger partial charge in [-0.05, 0) is 47.0 Å². The number of carboxylic acid groups (broad SMARTS) is 1. The van der Waals surface area contributed by atoms with Crippen LogP contribution in [0.5, 0.6) is 0 Å². The lowest BCUT2D eigenvalue weighted by Crippen LogP contribution is -2.57. The summed E-state index contributed by atoms with van der Waals surface area (Å²) in [7, 11) is 0. The number of azide groups is 3. The average molecular weight is 677 g/mol. The van der Waals surface area contributed by atoms with E-state index in [0.29, 0.717) is 6.42 Å². The smallest absolute Gasteiger partial charge is 0.410 e. The molecule has 18 nitrogen and oxygen atoms in total. The minimum atomic E-state index is -1.34. The molecule has 1 aliphatic carbocycles. The topological polar surface area (TPSA) is 258 Å². The van der Waals surface area contributed by atoms with E-state index in [0.717, 1.165) is 18.1 Å². The summed E-state index contributed by atoms with van der Waals surface area (Å²) >= 11 is 0. The second-order valence-electron chi connectivity index (χ2n) is 11.6. The number of carbonyl (C=O) groups excluding carboxylic acids is 2. The Morgan fingerprint density at radius 2 is 1.49 bits per heavy atom. The van der Waals surface area contributed by atoms with Crippen molar-refractivity contribution in [3.8, 4) is 0 Å². The molecule has 0 aromatic heterocycles. The number of aliphatic carboxylic acids is 1. The van der Waals surface area contributed by atoms with E-state index >= 15 is 0 Å². The van der Waals surface area contributed by atoms with Gasteiger partial charge < -0.3 is 29.0 Å². The molecular weight excluding hydrogens is 640 g/mol. The molecule has 2 aromatic rings. The highest BCUT2D eigenvalue weighted by Crippen LogP contribution is 2.38. The van der Waals surface area contributed by atoms with E-state index in [4.69, 9.17) is 24.5 Å². The molecular formula is C31H36N10O8. The minimum absolute atomic E-state index is 0.0511. The fourth-order valence-corrected chi connectivity index (χ4v) is 6.08. The molecule has 0 spiro atoms. The van der Waals surface area contributed by atoms with Crippen LogP contribution in [0, 0.1) is 5.92 Å². The SMILES string of the molecule is CC(=O)O[C@H]1[C@@H](CC(=O)O)[C@H](N=[N+]=[N-])C[C@H](N=[N+]=[N-])[C@H]1O[C@H]1O[C@H](CN(Cc2ccccc2)C(=O)OCc2ccccc2)CCC1N=[N+]=[N-]. The van der Waals surface area contributed by atoms with Crippen LogP contribution in [0.15, 0.2) is 76.0 Å². The zero-order chi connectivity index (χ0) is 35.2. The molecule has 1 aliphatic heterocycles. The fraction of sp³-hybridized carbons (Fsp3) is 0.516. The molecule has 1 unspecified atom stereocenters. The van der Waals surface area contributed by atoms with Gasteiger partial charge in [0, 0.05) is 40.2 Å². The Kier molecular flexibility index (Phi) is 13.5. The molecule has 258 valence electrons. The highest BCUT2D eigenvalue weighted by molar-refractivity contribution is 5.68. The average Bonchev–Trinajstić information content (AvgIpc) is 3.08. The molecule has 2 aromatic carbocycles. The number of amides is 1. The van der Waals surface area contributed by atoms with Gasteiger partial charge in [0.05, 0.1) is 31.2 Å². The molecule has 18 heteroatoms. The Labute approximate surface area is 280 Å². The maximum Gasteiger partial charge on any atom is 0.410 e. The van der Waals surface area contributed by atoms with E-state index in [1.165, 1.54) is 4.90 Å². The second-order valence-corrected chi connectivity index (χ2v) is 11.6. The quantitative estimate of drug-likeness (QED) is 0.104. The van der Waals surface area contributed by atoms with Gasteiger partial charge in [0.1, 0.15) is 18.8 Å². The van der Waals surface area contributed by atoms with Crippen LogP contribution in [-0.4, -0.2) is 77.3 Å². The van der Waals surface area contributed by atoms with Crippen molar-refractivity contribution in [1.29, 1.82) is 0 Å². The third-order valence-corrected chi connectivity index (χ3v) is 8.23. The summed E-state index contributed by atoms with van der Waals surface area (Å²) in [5.41, 5.74) is 29.5. The normalized spacial score (nSPS) is 26.1. The Hall–Kier alpha value is -5.50. The third kappa shape index (κ3) is 10.5. The molecule has 0 radical (unpaired) electrons. The Balaban J connectivity index is 1.60. The van der Waals surface area contributed by atoms with Crippen LogP contribution in [0.2, 0.25) is 0 Å². The van der Waals surface area contributed by atoms with Gasteiger partial charge in [-0.3, -0.25) is 9.59 Å². The van der Waals surface area contributed by atoms with E-state index in [1.807, 2.05) is 60.7 Å². The molecule has 2 aliphatic rings. The lowest BCUT2D eigenvalue weighted by atomic mass is 9.76. The van der Waals surface area contributed by atoms with Crippen LogP contribution >= 0.6 is 0 Å². The maximum absolute atomic E-state index is 13.4. The first-order valence-corrected chi connectivity index (χ1v) is 15.5. The van der Waals surface area contributed by atoms with E-state index in [-0.39, 0.29) is 32.5 Å². The number of ether oxygens (including phenoxy) is 4. The first kappa shape index (κ1) is 36.3. The first-order chi connectivity index (χ1) is 23.7. The molecule has 4 rings (SSSR count). The Morgan fingerprint density at radius 3 is 2.10 bits per heavy atom. The number of hydrogen-bond acceptors (Lipinski definition) is 10. The molecule has 49 heavy (non-hydrogen) atoms. The summed E-state index contributed by atoms with van der Waals surface area (Å²) in [5.74, 6) is -3.08. The zero-order valence-corrected chi connectivity index (χ0v) is 26.6. The highest BCUT2D eigenvalue weighted by Gasteiger charge is 2.50. The standard InChI is InChI=1S/C31H36N10O8/c1-19(42)47-28-23(14-27(43)44)25(36-39-33)15-26(37-40-34)29(28)49-30-24(35-38-32)13-12-22(48-30)17-41(16-20-8-4-2-5-9-20)31(45)46-18-21-10-6-3-7-11-21/h2-11,22-26,28-30H,12-18H2,1H3,(H,43,44)/t22-,23-,24?,25+,26-,28-,29+,30+/m0/s1.